The van der Waals surface area contributed by atoms with Gasteiger partial charge in [-0.05, 0) is 75.1 Å². The molecule has 2 aromatic rings. The summed E-state index contributed by atoms with van der Waals surface area (Å²) in [7, 11) is -1.96. The van der Waals surface area contributed by atoms with Crippen molar-refractivity contribution in [1.29, 1.82) is 0 Å². The van der Waals surface area contributed by atoms with Crippen molar-refractivity contribution in [2.24, 2.45) is 0 Å². The highest BCUT2D eigenvalue weighted by Crippen LogP contribution is 2.22. The zero-order chi connectivity index (χ0) is 26.2. The maximum Gasteiger partial charge on any atom is 0.242 e. The van der Waals surface area contributed by atoms with E-state index in [1.165, 1.54) is 9.21 Å². The van der Waals surface area contributed by atoms with Gasteiger partial charge in [0.25, 0.3) is 0 Å². The third kappa shape index (κ3) is 7.99. The van der Waals surface area contributed by atoms with Crippen molar-refractivity contribution in [2.75, 3.05) is 30.8 Å². The van der Waals surface area contributed by atoms with Gasteiger partial charge in [0.1, 0.15) is 11.8 Å². The van der Waals surface area contributed by atoms with E-state index >= 15 is 0 Å². The first-order valence-corrected chi connectivity index (χ1v) is 13.6. The molecule has 0 aliphatic carbocycles. The van der Waals surface area contributed by atoms with E-state index in [0.717, 1.165) is 22.9 Å². The van der Waals surface area contributed by atoms with E-state index in [0.29, 0.717) is 24.4 Å². The van der Waals surface area contributed by atoms with Crippen LogP contribution in [-0.2, 0) is 26.2 Å². The number of carbonyl (C=O) groups excluding carboxylic acids is 2. The summed E-state index contributed by atoms with van der Waals surface area (Å²) in [5.74, 6) is 0.203. The van der Waals surface area contributed by atoms with Gasteiger partial charge in [0, 0.05) is 26.1 Å². The summed E-state index contributed by atoms with van der Waals surface area (Å²) in [4.78, 5) is 27.3. The minimum atomic E-state index is -3.53. The highest BCUT2D eigenvalue weighted by molar-refractivity contribution is 7.92. The Labute approximate surface area is 209 Å². The number of hydrogen-bond donors (Lipinski definition) is 1. The molecule has 2 amide bonds. The Bertz CT molecular complexity index is 1130. The number of hydrogen-bond acceptors (Lipinski definition) is 5. The molecular weight excluding hydrogens is 466 g/mol. The number of nitrogens with one attached hydrogen (secondary N) is 1. The zero-order valence-electron chi connectivity index (χ0n) is 21.5. The molecule has 0 aromatic heterocycles. The molecule has 2 rings (SSSR count). The third-order valence-corrected chi connectivity index (χ3v) is 7.13. The highest BCUT2D eigenvalue weighted by Gasteiger charge is 2.26. The Hall–Kier alpha value is -3.07. The number of methoxy groups -OCH3 is 1. The second-order valence-corrected chi connectivity index (χ2v) is 10.6. The normalized spacial score (nSPS) is 12.1. The number of aryl methyl sites for hydroxylation is 2. The van der Waals surface area contributed by atoms with Crippen molar-refractivity contribution < 1.29 is 22.7 Å². The van der Waals surface area contributed by atoms with Crippen LogP contribution in [0.5, 0.6) is 5.75 Å². The lowest BCUT2D eigenvalue weighted by Crippen LogP contribution is -2.47. The van der Waals surface area contributed by atoms with Gasteiger partial charge in [-0.1, -0.05) is 18.2 Å². The van der Waals surface area contributed by atoms with Crippen molar-refractivity contribution in [2.45, 2.75) is 53.1 Å². The number of nitrogens with zero attached hydrogens (tertiary/aromatic N) is 2. The molecule has 0 radical (unpaired) electrons. The number of amides is 2. The standard InChI is InChI=1S/C26H37N3O5S/c1-7-27-26(31)21(4)28(18-22-10-8-11-24(17-22)34-5)25(30)12-9-15-29(35(6,32)33)23-14-13-19(2)20(3)16-23/h8,10-11,13-14,16-17,21H,7,9,12,15,18H2,1-6H3,(H,27,31)/t21-/m1/s1. The second-order valence-electron chi connectivity index (χ2n) is 8.65. The Balaban J connectivity index is 2.19. The van der Waals surface area contributed by atoms with Crippen LogP contribution in [0.1, 0.15) is 43.4 Å². The molecule has 0 heterocycles. The number of benzene rings is 2. The zero-order valence-corrected chi connectivity index (χ0v) is 22.3. The average molecular weight is 504 g/mol. The van der Waals surface area contributed by atoms with Crippen molar-refractivity contribution in [3.8, 4) is 5.75 Å². The van der Waals surface area contributed by atoms with E-state index in [2.05, 4.69) is 5.32 Å². The lowest BCUT2D eigenvalue weighted by Gasteiger charge is -2.29. The second kappa shape index (κ2) is 12.6. The largest absolute Gasteiger partial charge is 0.497 e. The molecule has 0 aliphatic heterocycles. The minimum absolute atomic E-state index is 0.102. The Morgan fingerprint density at radius 3 is 2.40 bits per heavy atom. The molecule has 1 N–H and O–H groups in total. The topological polar surface area (TPSA) is 96.0 Å². The van der Waals surface area contributed by atoms with Gasteiger partial charge in [0.05, 0.1) is 19.1 Å². The molecule has 0 saturated heterocycles. The fourth-order valence-corrected chi connectivity index (χ4v) is 4.71. The monoisotopic (exact) mass is 503 g/mol. The molecule has 0 saturated carbocycles. The molecule has 9 heteroatoms. The van der Waals surface area contributed by atoms with Gasteiger partial charge in [-0.25, -0.2) is 8.42 Å². The molecule has 0 spiro atoms. The smallest absolute Gasteiger partial charge is 0.242 e. The fraction of sp³-hybridized carbons (Fsp3) is 0.462. The predicted molar refractivity (Wildman–Crippen MR) is 139 cm³/mol. The van der Waals surface area contributed by atoms with Crippen LogP contribution in [0.3, 0.4) is 0 Å². The van der Waals surface area contributed by atoms with Crippen LogP contribution < -0.4 is 14.4 Å². The Morgan fingerprint density at radius 2 is 1.80 bits per heavy atom. The van der Waals surface area contributed by atoms with E-state index in [1.807, 2.05) is 57.2 Å². The van der Waals surface area contributed by atoms with Crippen molar-refractivity contribution in [3.05, 3.63) is 59.2 Å². The molecule has 0 unspecified atom stereocenters. The average Bonchev–Trinajstić information content (AvgIpc) is 2.81. The maximum atomic E-state index is 13.3. The highest BCUT2D eigenvalue weighted by atomic mass is 32.2. The Kier molecular flexibility index (Phi) is 10.1. The van der Waals surface area contributed by atoms with Gasteiger partial charge in [-0.2, -0.15) is 0 Å². The molecule has 0 bridgehead atoms. The summed E-state index contributed by atoms with van der Waals surface area (Å²) in [6, 6.07) is 12.2. The number of sulfonamides is 1. The first-order chi connectivity index (χ1) is 16.5. The van der Waals surface area contributed by atoms with Crippen molar-refractivity contribution >= 4 is 27.5 Å². The minimum Gasteiger partial charge on any atom is -0.497 e. The van der Waals surface area contributed by atoms with E-state index in [9.17, 15) is 18.0 Å². The molecule has 0 fully saturated rings. The van der Waals surface area contributed by atoms with Gasteiger partial charge < -0.3 is 15.0 Å². The van der Waals surface area contributed by atoms with Gasteiger partial charge in [-0.3, -0.25) is 13.9 Å². The SMILES string of the molecule is CCNC(=O)[C@@H](C)N(Cc1cccc(OC)c1)C(=O)CCCN(c1ccc(C)c(C)c1)S(C)(=O)=O. The van der Waals surface area contributed by atoms with E-state index in [4.69, 9.17) is 4.74 Å². The Morgan fingerprint density at radius 1 is 1.09 bits per heavy atom. The van der Waals surface area contributed by atoms with E-state index < -0.39 is 16.1 Å². The first-order valence-electron chi connectivity index (χ1n) is 11.7. The third-order valence-electron chi connectivity index (χ3n) is 5.94. The molecule has 8 nitrogen and oxygen atoms in total. The number of likely N-dealkylation sites (N-methyl/N-ethyl adjacent to an activating group) is 1. The van der Waals surface area contributed by atoms with E-state index in [-0.39, 0.29) is 31.3 Å². The summed E-state index contributed by atoms with van der Waals surface area (Å²) in [5.41, 5.74) is 3.48. The number of anilines is 1. The van der Waals surface area contributed by atoms with Crippen LogP contribution in [0.25, 0.3) is 0 Å². The summed E-state index contributed by atoms with van der Waals surface area (Å²) in [6.45, 7) is 8.28. The summed E-state index contributed by atoms with van der Waals surface area (Å²) in [6.07, 6.45) is 1.58. The molecule has 192 valence electrons. The summed E-state index contributed by atoms with van der Waals surface area (Å²) < 4.78 is 31.6. The lowest BCUT2D eigenvalue weighted by atomic mass is 10.1. The molecule has 35 heavy (non-hydrogen) atoms. The lowest BCUT2D eigenvalue weighted by molar-refractivity contribution is -0.140. The quantitative estimate of drug-likeness (QED) is 0.479. The number of rotatable bonds is 12. The van der Waals surface area contributed by atoms with Crippen molar-refractivity contribution in [3.63, 3.8) is 0 Å². The number of carbonyl (C=O) groups is 2. The maximum absolute atomic E-state index is 13.3. The van der Waals surface area contributed by atoms with Gasteiger partial charge in [0.2, 0.25) is 21.8 Å². The van der Waals surface area contributed by atoms with Crippen LogP contribution in [0.2, 0.25) is 0 Å². The summed E-state index contributed by atoms with van der Waals surface area (Å²) >= 11 is 0. The van der Waals surface area contributed by atoms with E-state index in [1.54, 1.807) is 20.1 Å². The van der Waals surface area contributed by atoms with Gasteiger partial charge >= 0.3 is 0 Å². The van der Waals surface area contributed by atoms with Crippen LogP contribution in [0.4, 0.5) is 5.69 Å². The van der Waals surface area contributed by atoms with Gasteiger partial charge in [-0.15, -0.1) is 0 Å². The summed E-state index contributed by atoms with van der Waals surface area (Å²) in [5, 5.41) is 2.77. The van der Waals surface area contributed by atoms with Crippen LogP contribution in [0, 0.1) is 13.8 Å². The van der Waals surface area contributed by atoms with Crippen molar-refractivity contribution in [1.82, 2.24) is 10.2 Å². The molecular formula is C26H37N3O5S. The molecule has 1 atom stereocenters. The number of ether oxygens (including phenoxy) is 1. The fourth-order valence-electron chi connectivity index (χ4n) is 3.76. The predicted octanol–water partition coefficient (Wildman–Crippen LogP) is 3.41. The molecule has 0 aliphatic rings. The first kappa shape index (κ1) is 28.2. The van der Waals surface area contributed by atoms with Crippen LogP contribution in [0.15, 0.2) is 42.5 Å². The molecule has 2 aromatic carbocycles. The van der Waals surface area contributed by atoms with Crippen LogP contribution >= 0.6 is 0 Å². The van der Waals surface area contributed by atoms with Gasteiger partial charge in [0.15, 0.2) is 0 Å². The van der Waals surface area contributed by atoms with Crippen LogP contribution in [-0.4, -0.2) is 57.6 Å².